The second kappa shape index (κ2) is 11.1. The molecule has 2 aromatic rings. The van der Waals surface area contributed by atoms with Crippen molar-refractivity contribution in [3.8, 4) is 5.75 Å². The number of benzene rings is 1. The molecule has 2 rings (SSSR count). The maximum absolute atomic E-state index is 5.21. The SMILES string of the molecule is CN=C(NCCCCn1cnnc1)NCCC(C)c1ccc(OC)cc1. The van der Waals surface area contributed by atoms with Gasteiger partial charge in [0.1, 0.15) is 18.4 Å². The van der Waals surface area contributed by atoms with Gasteiger partial charge in [-0.25, -0.2) is 0 Å². The molecule has 142 valence electrons. The maximum Gasteiger partial charge on any atom is 0.190 e. The first-order chi connectivity index (χ1) is 12.7. The molecule has 0 saturated carbocycles. The van der Waals surface area contributed by atoms with Crippen molar-refractivity contribution in [2.45, 2.75) is 38.6 Å². The third-order valence-electron chi connectivity index (χ3n) is 4.38. The Morgan fingerprint density at radius 3 is 2.46 bits per heavy atom. The van der Waals surface area contributed by atoms with E-state index in [9.17, 15) is 0 Å². The highest BCUT2D eigenvalue weighted by atomic mass is 16.5. The topological polar surface area (TPSA) is 76.4 Å². The monoisotopic (exact) mass is 358 g/mol. The molecule has 1 heterocycles. The average molecular weight is 358 g/mol. The number of nitrogens with zero attached hydrogens (tertiary/aromatic N) is 4. The second-order valence-electron chi connectivity index (χ2n) is 6.30. The molecule has 0 aliphatic rings. The van der Waals surface area contributed by atoms with Gasteiger partial charge in [0.25, 0.3) is 0 Å². The van der Waals surface area contributed by atoms with Crippen LogP contribution in [-0.4, -0.2) is 48.0 Å². The molecule has 0 fully saturated rings. The summed E-state index contributed by atoms with van der Waals surface area (Å²) in [6.45, 7) is 4.97. The first-order valence-corrected chi connectivity index (χ1v) is 9.13. The van der Waals surface area contributed by atoms with E-state index < -0.39 is 0 Å². The van der Waals surface area contributed by atoms with Gasteiger partial charge in [0.2, 0.25) is 0 Å². The van der Waals surface area contributed by atoms with E-state index in [0.29, 0.717) is 5.92 Å². The number of ether oxygens (including phenoxy) is 1. The van der Waals surface area contributed by atoms with E-state index in [-0.39, 0.29) is 0 Å². The molecule has 0 saturated heterocycles. The van der Waals surface area contributed by atoms with Gasteiger partial charge in [0, 0.05) is 26.7 Å². The van der Waals surface area contributed by atoms with Crippen LogP contribution in [0.5, 0.6) is 5.75 Å². The van der Waals surface area contributed by atoms with Crippen LogP contribution in [0.15, 0.2) is 41.9 Å². The van der Waals surface area contributed by atoms with Crippen LogP contribution >= 0.6 is 0 Å². The number of aromatic nitrogens is 3. The zero-order valence-electron chi connectivity index (χ0n) is 16.0. The van der Waals surface area contributed by atoms with E-state index in [0.717, 1.165) is 50.6 Å². The number of nitrogens with one attached hydrogen (secondary N) is 2. The molecule has 1 atom stereocenters. The molecule has 7 nitrogen and oxygen atoms in total. The predicted octanol–water partition coefficient (Wildman–Crippen LogP) is 2.43. The predicted molar refractivity (Wildman–Crippen MR) is 105 cm³/mol. The number of hydrogen-bond acceptors (Lipinski definition) is 4. The third-order valence-corrected chi connectivity index (χ3v) is 4.38. The van der Waals surface area contributed by atoms with Crippen molar-refractivity contribution in [1.82, 2.24) is 25.4 Å². The fourth-order valence-electron chi connectivity index (χ4n) is 2.69. The lowest BCUT2D eigenvalue weighted by Gasteiger charge is -2.15. The normalized spacial score (nSPS) is 12.7. The van der Waals surface area contributed by atoms with Crippen LogP contribution in [0.3, 0.4) is 0 Å². The van der Waals surface area contributed by atoms with Crippen molar-refractivity contribution in [2.75, 3.05) is 27.2 Å². The largest absolute Gasteiger partial charge is 0.497 e. The van der Waals surface area contributed by atoms with Gasteiger partial charge in [-0.15, -0.1) is 10.2 Å². The van der Waals surface area contributed by atoms with Gasteiger partial charge in [-0.2, -0.15) is 0 Å². The molecule has 0 amide bonds. The summed E-state index contributed by atoms with van der Waals surface area (Å²) in [5, 5.41) is 14.4. The minimum Gasteiger partial charge on any atom is -0.497 e. The highest BCUT2D eigenvalue weighted by molar-refractivity contribution is 5.79. The van der Waals surface area contributed by atoms with Gasteiger partial charge in [-0.05, 0) is 42.9 Å². The van der Waals surface area contributed by atoms with Gasteiger partial charge < -0.3 is 19.9 Å². The Labute approximate surface area is 155 Å². The lowest BCUT2D eigenvalue weighted by Crippen LogP contribution is -2.38. The minimum atomic E-state index is 0.482. The standard InChI is InChI=1S/C19H30N6O/c1-16(17-6-8-18(26-3)9-7-17)10-12-22-19(20-2)21-11-4-5-13-25-14-23-24-15-25/h6-9,14-16H,4-5,10-13H2,1-3H3,(H2,20,21,22). The van der Waals surface area contributed by atoms with Crippen LogP contribution in [0.1, 0.15) is 37.7 Å². The molecular formula is C19H30N6O. The fraction of sp³-hybridized carbons (Fsp3) is 0.526. The van der Waals surface area contributed by atoms with Crippen molar-refractivity contribution in [3.63, 3.8) is 0 Å². The van der Waals surface area contributed by atoms with Crippen LogP contribution in [0.25, 0.3) is 0 Å². The molecule has 1 unspecified atom stereocenters. The van der Waals surface area contributed by atoms with Crippen LogP contribution in [0, 0.1) is 0 Å². The summed E-state index contributed by atoms with van der Waals surface area (Å²) in [5.41, 5.74) is 1.32. The summed E-state index contributed by atoms with van der Waals surface area (Å²) in [6.07, 6.45) is 6.69. The van der Waals surface area contributed by atoms with Gasteiger partial charge in [0.05, 0.1) is 7.11 Å². The molecule has 1 aromatic heterocycles. The molecule has 0 aliphatic carbocycles. The highest BCUT2D eigenvalue weighted by Gasteiger charge is 2.06. The highest BCUT2D eigenvalue weighted by Crippen LogP contribution is 2.21. The number of methoxy groups -OCH3 is 1. The Kier molecular flexibility index (Phi) is 8.45. The third kappa shape index (κ3) is 6.74. The Morgan fingerprint density at radius 1 is 1.12 bits per heavy atom. The average Bonchev–Trinajstić information content (AvgIpc) is 3.19. The molecule has 0 aliphatic heterocycles. The quantitative estimate of drug-likeness (QED) is 0.387. The van der Waals surface area contributed by atoms with E-state index in [1.165, 1.54) is 5.56 Å². The molecule has 2 N–H and O–H groups in total. The summed E-state index contributed by atoms with van der Waals surface area (Å²) in [4.78, 5) is 4.28. The lowest BCUT2D eigenvalue weighted by molar-refractivity contribution is 0.414. The van der Waals surface area contributed by atoms with E-state index in [4.69, 9.17) is 4.74 Å². The first kappa shape index (κ1) is 19.8. The Hall–Kier alpha value is -2.57. The van der Waals surface area contributed by atoms with Gasteiger partial charge in [-0.1, -0.05) is 19.1 Å². The van der Waals surface area contributed by atoms with Gasteiger partial charge >= 0.3 is 0 Å². The lowest BCUT2D eigenvalue weighted by atomic mass is 9.98. The molecule has 0 bridgehead atoms. The number of guanidine groups is 1. The van der Waals surface area contributed by atoms with E-state index in [1.54, 1.807) is 26.8 Å². The molecule has 7 heteroatoms. The van der Waals surface area contributed by atoms with E-state index >= 15 is 0 Å². The van der Waals surface area contributed by atoms with Crippen LogP contribution < -0.4 is 15.4 Å². The number of unbranched alkanes of at least 4 members (excludes halogenated alkanes) is 1. The Balaban J connectivity index is 1.60. The van der Waals surface area contributed by atoms with E-state index in [1.807, 2.05) is 16.7 Å². The first-order valence-electron chi connectivity index (χ1n) is 9.13. The smallest absolute Gasteiger partial charge is 0.190 e. The van der Waals surface area contributed by atoms with Crippen molar-refractivity contribution < 1.29 is 4.74 Å². The van der Waals surface area contributed by atoms with Crippen LogP contribution in [0.4, 0.5) is 0 Å². The Bertz CT molecular complexity index is 639. The van der Waals surface area contributed by atoms with Gasteiger partial charge in [0.15, 0.2) is 5.96 Å². The molecule has 26 heavy (non-hydrogen) atoms. The van der Waals surface area contributed by atoms with Crippen molar-refractivity contribution >= 4 is 5.96 Å². The number of aliphatic imine (C=N–C) groups is 1. The number of rotatable bonds is 10. The fourth-order valence-corrected chi connectivity index (χ4v) is 2.69. The minimum absolute atomic E-state index is 0.482. The zero-order valence-corrected chi connectivity index (χ0v) is 16.0. The van der Waals surface area contributed by atoms with Crippen LogP contribution in [-0.2, 0) is 6.54 Å². The maximum atomic E-state index is 5.21. The van der Waals surface area contributed by atoms with Crippen LogP contribution in [0.2, 0.25) is 0 Å². The summed E-state index contributed by atoms with van der Waals surface area (Å²) in [7, 11) is 3.50. The second-order valence-corrected chi connectivity index (χ2v) is 6.30. The molecular weight excluding hydrogens is 328 g/mol. The molecule has 0 spiro atoms. The zero-order chi connectivity index (χ0) is 18.6. The summed E-state index contributed by atoms with van der Waals surface area (Å²) in [5.74, 6) is 2.24. The van der Waals surface area contributed by atoms with Crippen molar-refractivity contribution in [3.05, 3.63) is 42.5 Å². The number of hydrogen-bond donors (Lipinski definition) is 2. The summed E-state index contributed by atoms with van der Waals surface area (Å²) < 4.78 is 7.20. The molecule has 1 aromatic carbocycles. The Morgan fingerprint density at radius 2 is 1.81 bits per heavy atom. The summed E-state index contributed by atoms with van der Waals surface area (Å²) in [6, 6.07) is 8.29. The van der Waals surface area contributed by atoms with Crippen molar-refractivity contribution in [1.29, 1.82) is 0 Å². The summed E-state index contributed by atoms with van der Waals surface area (Å²) >= 11 is 0. The van der Waals surface area contributed by atoms with E-state index in [2.05, 4.69) is 44.9 Å². The number of aryl methyl sites for hydroxylation is 1. The molecule has 0 radical (unpaired) electrons. The van der Waals surface area contributed by atoms with Crippen molar-refractivity contribution in [2.24, 2.45) is 4.99 Å². The van der Waals surface area contributed by atoms with Gasteiger partial charge in [-0.3, -0.25) is 4.99 Å².